The van der Waals surface area contributed by atoms with Crippen molar-refractivity contribution in [3.63, 3.8) is 0 Å². The smallest absolute Gasteiger partial charge is 0.241 e. The van der Waals surface area contributed by atoms with Crippen molar-refractivity contribution < 1.29 is 13.2 Å². The zero-order chi connectivity index (χ0) is 19.4. The summed E-state index contributed by atoms with van der Waals surface area (Å²) in [6.45, 7) is 3.79. The number of amides is 1. The number of hydrogen-bond acceptors (Lipinski definition) is 3. The highest BCUT2D eigenvalue weighted by Gasteiger charge is 2.19. The highest BCUT2D eigenvalue weighted by molar-refractivity contribution is 7.89. The summed E-state index contributed by atoms with van der Waals surface area (Å²) in [5, 5.41) is 2.80. The fourth-order valence-electron chi connectivity index (χ4n) is 3.43. The van der Waals surface area contributed by atoms with Gasteiger partial charge in [-0.3, -0.25) is 4.79 Å². The lowest BCUT2D eigenvalue weighted by Crippen LogP contribution is -2.33. The third-order valence-electron chi connectivity index (χ3n) is 4.91. The summed E-state index contributed by atoms with van der Waals surface area (Å²) >= 11 is 0. The first kappa shape index (κ1) is 19.6. The second-order valence-corrected chi connectivity index (χ2v) is 9.02. The van der Waals surface area contributed by atoms with Crippen molar-refractivity contribution in [3.05, 3.63) is 59.2 Å². The summed E-state index contributed by atoms with van der Waals surface area (Å²) in [6.07, 6.45) is 4.14. The highest BCUT2D eigenvalue weighted by atomic mass is 32.2. The van der Waals surface area contributed by atoms with E-state index in [9.17, 15) is 13.2 Å². The normalized spacial score (nSPS) is 14.0. The minimum absolute atomic E-state index is 0.221. The molecule has 0 fully saturated rings. The van der Waals surface area contributed by atoms with Crippen LogP contribution in [-0.2, 0) is 27.7 Å². The van der Waals surface area contributed by atoms with Gasteiger partial charge in [0, 0.05) is 5.69 Å². The Morgan fingerprint density at radius 1 is 1.04 bits per heavy atom. The van der Waals surface area contributed by atoms with E-state index in [1.54, 1.807) is 12.1 Å². The van der Waals surface area contributed by atoms with E-state index in [4.69, 9.17) is 0 Å². The number of fused-ring (bicyclic) bond motifs is 1. The van der Waals surface area contributed by atoms with Crippen LogP contribution in [0.25, 0.3) is 0 Å². The first-order chi connectivity index (χ1) is 12.9. The number of hydrogen-bond donors (Lipinski definition) is 2. The van der Waals surface area contributed by atoms with E-state index in [-0.39, 0.29) is 23.3 Å². The predicted octanol–water partition coefficient (Wildman–Crippen LogP) is 3.61. The Balaban J connectivity index is 1.66. The average Bonchev–Trinajstić information content (AvgIpc) is 2.66. The largest absolute Gasteiger partial charge is 0.325 e. The molecule has 1 amide bonds. The summed E-state index contributed by atoms with van der Waals surface area (Å²) in [7, 11) is -3.72. The van der Waals surface area contributed by atoms with E-state index in [1.807, 2.05) is 44.2 Å². The van der Waals surface area contributed by atoms with E-state index in [1.165, 1.54) is 5.56 Å². The lowest BCUT2D eigenvalue weighted by Gasteiger charge is -2.17. The Bertz CT molecular complexity index is 936. The summed E-state index contributed by atoms with van der Waals surface area (Å²) in [5.74, 6) is -0.127. The monoisotopic (exact) mass is 386 g/mol. The maximum absolute atomic E-state index is 12.6. The third-order valence-corrected chi connectivity index (χ3v) is 6.31. The molecule has 0 bridgehead atoms. The minimum atomic E-state index is -3.72. The summed E-state index contributed by atoms with van der Waals surface area (Å²) in [6, 6.07) is 12.8. The van der Waals surface area contributed by atoms with Gasteiger partial charge in [0.05, 0.1) is 11.4 Å². The number of aryl methyl sites for hydroxylation is 2. The van der Waals surface area contributed by atoms with E-state index >= 15 is 0 Å². The number of para-hydroxylation sites is 1. The van der Waals surface area contributed by atoms with Gasteiger partial charge in [-0.15, -0.1) is 0 Å². The van der Waals surface area contributed by atoms with Crippen LogP contribution in [0.5, 0.6) is 0 Å². The number of anilines is 1. The number of nitrogens with one attached hydrogen (secondary N) is 2. The van der Waals surface area contributed by atoms with E-state index in [0.717, 1.165) is 36.8 Å². The Morgan fingerprint density at radius 2 is 1.74 bits per heavy atom. The molecule has 6 heteroatoms. The second-order valence-electron chi connectivity index (χ2n) is 7.25. The lowest BCUT2D eigenvalue weighted by atomic mass is 9.92. The molecule has 1 aliphatic carbocycles. The zero-order valence-corrected chi connectivity index (χ0v) is 16.6. The Hall–Kier alpha value is -2.18. The molecule has 0 heterocycles. The average molecular weight is 387 g/mol. The molecule has 0 spiro atoms. The van der Waals surface area contributed by atoms with Gasteiger partial charge in [-0.2, -0.15) is 0 Å². The SMILES string of the molecule is CC(C)c1ccccc1NC(=O)CNS(=O)(=O)c1ccc2c(c1)CCCC2. The molecule has 144 valence electrons. The van der Waals surface area contributed by atoms with Gasteiger partial charge in [0.2, 0.25) is 15.9 Å². The molecule has 5 nitrogen and oxygen atoms in total. The maximum Gasteiger partial charge on any atom is 0.241 e. The van der Waals surface area contributed by atoms with Crippen LogP contribution in [0.4, 0.5) is 5.69 Å². The molecule has 2 N–H and O–H groups in total. The van der Waals surface area contributed by atoms with Gasteiger partial charge in [0.1, 0.15) is 0 Å². The van der Waals surface area contributed by atoms with Crippen molar-refractivity contribution >= 4 is 21.6 Å². The highest BCUT2D eigenvalue weighted by Crippen LogP contribution is 2.25. The summed E-state index contributed by atoms with van der Waals surface area (Å²) in [4.78, 5) is 12.5. The van der Waals surface area contributed by atoms with E-state index in [0.29, 0.717) is 5.69 Å². The third kappa shape index (κ3) is 4.76. The van der Waals surface area contributed by atoms with Crippen LogP contribution in [0.1, 0.15) is 49.3 Å². The molecule has 3 rings (SSSR count). The van der Waals surface area contributed by atoms with Crippen molar-refractivity contribution in [2.45, 2.75) is 50.3 Å². The topological polar surface area (TPSA) is 75.3 Å². The van der Waals surface area contributed by atoms with Crippen molar-refractivity contribution in [3.8, 4) is 0 Å². The van der Waals surface area contributed by atoms with Crippen molar-refractivity contribution in [1.29, 1.82) is 0 Å². The van der Waals surface area contributed by atoms with Crippen molar-refractivity contribution in [2.24, 2.45) is 0 Å². The van der Waals surface area contributed by atoms with E-state index < -0.39 is 10.0 Å². The van der Waals surface area contributed by atoms with Gasteiger partial charge >= 0.3 is 0 Å². The molecule has 0 saturated heterocycles. The quantitative estimate of drug-likeness (QED) is 0.796. The number of carbonyl (C=O) groups excluding carboxylic acids is 1. The van der Waals surface area contributed by atoms with Crippen LogP contribution in [0.3, 0.4) is 0 Å². The van der Waals surface area contributed by atoms with Crippen molar-refractivity contribution in [1.82, 2.24) is 4.72 Å². The van der Waals surface area contributed by atoms with Crippen molar-refractivity contribution in [2.75, 3.05) is 11.9 Å². The molecule has 0 saturated carbocycles. The number of benzene rings is 2. The van der Waals surface area contributed by atoms with Crippen LogP contribution >= 0.6 is 0 Å². The molecular weight excluding hydrogens is 360 g/mol. The number of rotatable bonds is 6. The number of sulfonamides is 1. The van der Waals surface area contributed by atoms with Gasteiger partial charge < -0.3 is 5.32 Å². The summed E-state index contributed by atoms with van der Waals surface area (Å²) < 4.78 is 27.5. The molecular formula is C21H26N2O3S. The van der Waals surface area contributed by atoms with E-state index in [2.05, 4.69) is 10.0 Å². The zero-order valence-electron chi connectivity index (χ0n) is 15.8. The molecule has 27 heavy (non-hydrogen) atoms. The number of carbonyl (C=O) groups is 1. The molecule has 0 radical (unpaired) electrons. The Kier molecular flexibility index (Phi) is 5.97. The minimum Gasteiger partial charge on any atom is -0.325 e. The molecule has 2 aromatic carbocycles. The standard InChI is InChI=1S/C21H26N2O3S/c1-15(2)19-9-5-6-10-20(19)23-21(24)14-22-27(25,26)18-12-11-16-7-3-4-8-17(16)13-18/h5-6,9-13,15,22H,3-4,7-8,14H2,1-2H3,(H,23,24). The fourth-order valence-corrected chi connectivity index (χ4v) is 4.46. The fraction of sp³-hybridized carbons (Fsp3) is 0.381. The second kappa shape index (κ2) is 8.23. The molecule has 0 aliphatic heterocycles. The Labute approximate surface area is 161 Å². The summed E-state index contributed by atoms with van der Waals surface area (Å²) in [5.41, 5.74) is 4.05. The van der Waals surface area contributed by atoms with Gasteiger partial charge in [0.25, 0.3) is 0 Å². The van der Waals surface area contributed by atoms with Gasteiger partial charge in [-0.1, -0.05) is 38.1 Å². The molecule has 2 aromatic rings. The van der Waals surface area contributed by atoms with Crippen LogP contribution in [0.15, 0.2) is 47.4 Å². The predicted molar refractivity (Wildman–Crippen MR) is 107 cm³/mol. The maximum atomic E-state index is 12.6. The molecule has 0 unspecified atom stereocenters. The molecule has 0 atom stereocenters. The van der Waals surface area contributed by atoms with Crippen LogP contribution < -0.4 is 10.0 Å². The van der Waals surface area contributed by atoms with Crippen LogP contribution in [0, 0.1) is 0 Å². The molecule has 0 aromatic heterocycles. The van der Waals surface area contributed by atoms with Gasteiger partial charge in [-0.05, 0) is 66.5 Å². The van der Waals surface area contributed by atoms with Crippen LogP contribution in [0.2, 0.25) is 0 Å². The Morgan fingerprint density at radius 3 is 2.48 bits per heavy atom. The first-order valence-corrected chi connectivity index (χ1v) is 10.9. The van der Waals surface area contributed by atoms with Gasteiger partial charge in [0.15, 0.2) is 0 Å². The van der Waals surface area contributed by atoms with Crippen LogP contribution in [-0.4, -0.2) is 20.9 Å². The van der Waals surface area contributed by atoms with Gasteiger partial charge in [-0.25, -0.2) is 13.1 Å². The molecule has 1 aliphatic rings. The first-order valence-electron chi connectivity index (χ1n) is 9.37. The lowest BCUT2D eigenvalue weighted by molar-refractivity contribution is -0.115.